The molecule has 0 bridgehead atoms. The molecule has 1 aromatic heterocycles. The fourth-order valence-corrected chi connectivity index (χ4v) is 2.99. The molecule has 1 fully saturated rings. The first-order valence-electron chi connectivity index (χ1n) is 7.75. The molecule has 1 amide bonds. The van der Waals surface area contributed by atoms with Gasteiger partial charge in [0.25, 0.3) is 5.89 Å². The Morgan fingerprint density at radius 1 is 1.12 bits per heavy atom. The number of carbonyl (C=O) groups is 1. The van der Waals surface area contributed by atoms with Crippen LogP contribution in [0, 0.1) is 5.82 Å². The van der Waals surface area contributed by atoms with Crippen LogP contribution in [0.25, 0.3) is 11.5 Å². The molecule has 25 heavy (non-hydrogen) atoms. The molecular weight excluding hydrogens is 345 g/mol. The van der Waals surface area contributed by atoms with Crippen molar-refractivity contribution in [2.45, 2.75) is 12.3 Å². The molecule has 5 nitrogen and oxygen atoms in total. The van der Waals surface area contributed by atoms with Gasteiger partial charge >= 0.3 is 0 Å². The summed E-state index contributed by atoms with van der Waals surface area (Å²) in [6, 6.07) is 12.9. The molecule has 0 saturated carbocycles. The van der Waals surface area contributed by atoms with Crippen LogP contribution in [0.2, 0.25) is 5.02 Å². The Morgan fingerprint density at radius 2 is 1.84 bits per heavy atom. The Bertz CT molecular complexity index is 909. The van der Waals surface area contributed by atoms with Gasteiger partial charge in [-0.1, -0.05) is 16.8 Å². The number of carbonyl (C=O) groups excluding carboxylic acids is 1. The maximum atomic E-state index is 13.0. The van der Waals surface area contributed by atoms with E-state index in [1.54, 1.807) is 29.2 Å². The molecule has 7 heteroatoms. The molecule has 126 valence electrons. The molecule has 0 aliphatic carbocycles. The number of hydrogen-bond acceptors (Lipinski definition) is 4. The average Bonchev–Trinajstić information content (AvgIpc) is 3.23. The van der Waals surface area contributed by atoms with E-state index in [1.807, 2.05) is 12.1 Å². The molecule has 1 atom stereocenters. The van der Waals surface area contributed by atoms with Crippen molar-refractivity contribution < 1.29 is 13.7 Å². The zero-order valence-electron chi connectivity index (χ0n) is 13.0. The van der Waals surface area contributed by atoms with Gasteiger partial charge in [-0.05, 0) is 48.5 Å². The van der Waals surface area contributed by atoms with Crippen LogP contribution in [0.5, 0.6) is 0 Å². The molecule has 0 spiro atoms. The second-order valence-electron chi connectivity index (χ2n) is 5.85. The van der Waals surface area contributed by atoms with Crippen LogP contribution < -0.4 is 4.90 Å². The van der Waals surface area contributed by atoms with Gasteiger partial charge in [0.15, 0.2) is 5.82 Å². The molecule has 0 radical (unpaired) electrons. The monoisotopic (exact) mass is 357 g/mol. The third-order valence-corrected chi connectivity index (χ3v) is 4.41. The largest absolute Gasteiger partial charge is 0.334 e. The molecule has 1 aliphatic rings. The lowest BCUT2D eigenvalue weighted by Gasteiger charge is -2.16. The lowest BCUT2D eigenvalue weighted by atomic mass is 10.1. The molecule has 1 saturated heterocycles. The van der Waals surface area contributed by atoms with Crippen LogP contribution in [0.3, 0.4) is 0 Å². The van der Waals surface area contributed by atoms with Crippen molar-refractivity contribution in [3.05, 3.63) is 65.2 Å². The quantitative estimate of drug-likeness (QED) is 0.709. The van der Waals surface area contributed by atoms with Crippen molar-refractivity contribution in [3.63, 3.8) is 0 Å². The maximum absolute atomic E-state index is 13.0. The summed E-state index contributed by atoms with van der Waals surface area (Å²) in [6.07, 6.45) is 0.311. The number of rotatable bonds is 3. The van der Waals surface area contributed by atoms with Crippen molar-refractivity contribution in [2.24, 2.45) is 0 Å². The van der Waals surface area contributed by atoms with Gasteiger partial charge in [0.05, 0.1) is 0 Å². The van der Waals surface area contributed by atoms with Crippen LogP contribution in [0.4, 0.5) is 10.1 Å². The van der Waals surface area contributed by atoms with Gasteiger partial charge in [0, 0.05) is 35.2 Å². The number of hydrogen-bond donors (Lipinski definition) is 0. The van der Waals surface area contributed by atoms with Crippen LogP contribution in [0.15, 0.2) is 53.1 Å². The number of halogens is 2. The number of nitrogens with zero attached hydrogens (tertiary/aromatic N) is 3. The highest BCUT2D eigenvalue weighted by Gasteiger charge is 2.34. The van der Waals surface area contributed by atoms with Crippen molar-refractivity contribution in [1.82, 2.24) is 10.1 Å². The summed E-state index contributed by atoms with van der Waals surface area (Å²) in [4.78, 5) is 18.4. The topological polar surface area (TPSA) is 59.2 Å². The zero-order valence-corrected chi connectivity index (χ0v) is 13.8. The third kappa shape index (κ3) is 3.13. The van der Waals surface area contributed by atoms with E-state index < -0.39 is 0 Å². The van der Waals surface area contributed by atoms with Crippen LogP contribution >= 0.6 is 11.6 Å². The van der Waals surface area contributed by atoms with Crippen LogP contribution in [0.1, 0.15) is 18.2 Å². The zero-order chi connectivity index (χ0) is 17.4. The van der Waals surface area contributed by atoms with Crippen molar-refractivity contribution in [3.8, 4) is 11.5 Å². The molecular formula is C18H13ClFN3O2. The third-order valence-electron chi connectivity index (χ3n) is 4.16. The predicted molar refractivity (Wildman–Crippen MR) is 90.9 cm³/mol. The van der Waals surface area contributed by atoms with Crippen molar-refractivity contribution in [1.29, 1.82) is 0 Å². The Hall–Kier alpha value is -2.73. The van der Waals surface area contributed by atoms with E-state index in [0.29, 0.717) is 35.3 Å². The van der Waals surface area contributed by atoms with Gasteiger partial charge in [-0.15, -0.1) is 0 Å². The van der Waals surface area contributed by atoms with Gasteiger partial charge in [-0.25, -0.2) is 4.39 Å². The van der Waals surface area contributed by atoms with Gasteiger partial charge in [0.1, 0.15) is 5.82 Å². The minimum atomic E-state index is -0.330. The molecule has 4 rings (SSSR count). The van der Waals surface area contributed by atoms with Crippen LogP contribution in [-0.4, -0.2) is 22.6 Å². The van der Waals surface area contributed by atoms with E-state index >= 15 is 0 Å². The lowest BCUT2D eigenvalue weighted by Crippen LogP contribution is -2.24. The maximum Gasteiger partial charge on any atom is 0.257 e. The molecule has 2 heterocycles. The average molecular weight is 358 g/mol. The minimum Gasteiger partial charge on any atom is -0.334 e. The number of benzene rings is 2. The van der Waals surface area contributed by atoms with Gasteiger partial charge in [-0.3, -0.25) is 4.79 Å². The first-order valence-corrected chi connectivity index (χ1v) is 8.13. The Labute approximate surface area is 148 Å². The first-order chi connectivity index (χ1) is 12.1. The fraction of sp³-hybridized carbons (Fsp3) is 0.167. The highest BCUT2D eigenvalue weighted by Crippen LogP contribution is 2.32. The summed E-state index contributed by atoms with van der Waals surface area (Å²) in [5.74, 6) is 0.307. The summed E-state index contributed by atoms with van der Waals surface area (Å²) in [5, 5.41) is 4.61. The molecule has 1 unspecified atom stereocenters. The summed E-state index contributed by atoms with van der Waals surface area (Å²) < 4.78 is 18.3. The fourth-order valence-electron chi connectivity index (χ4n) is 2.86. The van der Waals surface area contributed by atoms with Crippen molar-refractivity contribution in [2.75, 3.05) is 11.4 Å². The Morgan fingerprint density at radius 3 is 2.56 bits per heavy atom. The normalized spacial score (nSPS) is 17.3. The first kappa shape index (κ1) is 15.8. The van der Waals surface area contributed by atoms with Gasteiger partial charge in [-0.2, -0.15) is 4.98 Å². The lowest BCUT2D eigenvalue weighted by molar-refractivity contribution is -0.117. The van der Waals surface area contributed by atoms with E-state index in [4.69, 9.17) is 16.1 Å². The standard InChI is InChI=1S/C18H13ClFN3O2/c19-13-3-7-15(8-4-13)23-10-12(9-16(23)24)17-21-18(25-22-17)11-1-5-14(20)6-2-11/h1-8,12H,9-10H2. The second-order valence-corrected chi connectivity index (χ2v) is 6.28. The second kappa shape index (κ2) is 6.29. The van der Waals surface area contributed by atoms with Gasteiger partial charge < -0.3 is 9.42 Å². The molecule has 2 aromatic carbocycles. The highest BCUT2D eigenvalue weighted by molar-refractivity contribution is 6.30. The van der Waals surface area contributed by atoms with Gasteiger partial charge in [0.2, 0.25) is 5.91 Å². The molecule has 0 N–H and O–H groups in total. The minimum absolute atomic E-state index is 0.000421. The highest BCUT2D eigenvalue weighted by atomic mass is 35.5. The van der Waals surface area contributed by atoms with E-state index in [-0.39, 0.29) is 17.6 Å². The smallest absolute Gasteiger partial charge is 0.257 e. The van der Waals surface area contributed by atoms with Crippen LogP contribution in [-0.2, 0) is 4.79 Å². The Kier molecular flexibility index (Phi) is 3.97. The summed E-state index contributed by atoms with van der Waals surface area (Å²) >= 11 is 5.89. The van der Waals surface area contributed by atoms with E-state index in [0.717, 1.165) is 5.69 Å². The predicted octanol–water partition coefficient (Wildman–Crippen LogP) is 4.05. The molecule has 1 aliphatic heterocycles. The number of anilines is 1. The SMILES string of the molecule is O=C1CC(c2noc(-c3ccc(F)cc3)n2)CN1c1ccc(Cl)cc1. The van der Waals surface area contributed by atoms with E-state index in [1.165, 1.54) is 12.1 Å². The molecule has 3 aromatic rings. The van der Waals surface area contributed by atoms with E-state index in [9.17, 15) is 9.18 Å². The summed E-state index contributed by atoms with van der Waals surface area (Å²) in [7, 11) is 0. The summed E-state index contributed by atoms with van der Waals surface area (Å²) in [6.45, 7) is 0.475. The van der Waals surface area contributed by atoms with E-state index in [2.05, 4.69) is 10.1 Å². The van der Waals surface area contributed by atoms with Crippen molar-refractivity contribution >= 4 is 23.2 Å². The number of amides is 1. The Balaban J connectivity index is 1.54. The number of aromatic nitrogens is 2. The summed E-state index contributed by atoms with van der Waals surface area (Å²) in [5.41, 5.74) is 1.43.